The molecule has 1 aromatic carbocycles. The Morgan fingerprint density at radius 1 is 1.37 bits per heavy atom. The zero-order valence-electron chi connectivity index (χ0n) is 11.8. The Morgan fingerprint density at radius 3 is 2.84 bits per heavy atom. The van der Waals surface area contributed by atoms with Crippen LogP contribution in [-0.4, -0.2) is 6.04 Å². The highest BCUT2D eigenvalue weighted by Gasteiger charge is 2.22. The molecule has 0 amide bonds. The van der Waals surface area contributed by atoms with Gasteiger partial charge in [0.05, 0.1) is 0 Å². The van der Waals surface area contributed by atoms with Crippen LogP contribution in [0.5, 0.6) is 0 Å². The van der Waals surface area contributed by atoms with Gasteiger partial charge in [0.2, 0.25) is 0 Å². The largest absolute Gasteiger partial charge is 0.381 e. The molecule has 3 heteroatoms. The molecule has 19 heavy (non-hydrogen) atoms. The molecule has 0 spiro atoms. The van der Waals surface area contributed by atoms with E-state index in [0.717, 1.165) is 21.1 Å². The minimum absolute atomic E-state index is 0.156. The molecule has 1 nitrogen and oxygen atoms in total. The predicted octanol–water partition coefficient (Wildman–Crippen LogP) is 5.45. The molecule has 2 rings (SSSR count). The highest BCUT2D eigenvalue weighted by atomic mass is 127. The summed E-state index contributed by atoms with van der Waals surface area (Å²) in [6, 6.07) is 5.55. The normalized spacial score (nSPS) is 23.6. The molecule has 0 aliphatic heterocycles. The predicted molar refractivity (Wildman–Crippen MR) is 87.9 cm³/mol. The van der Waals surface area contributed by atoms with Crippen molar-refractivity contribution in [2.45, 2.75) is 52.0 Å². The lowest BCUT2D eigenvalue weighted by Crippen LogP contribution is -2.28. The number of halogens is 2. The molecule has 1 N–H and O–H groups in total. The van der Waals surface area contributed by atoms with Crippen molar-refractivity contribution in [3.63, 3.8) is 0 Å². The summed E-state index contributed by atoms with van der Waals surface area (Å²) in [6.07, 6.45) is 6.51. The second kappa shape index (κ2) is 6.91. The van der Waals surface area contributed by atoms with Crippen LogP contribution < -0.4 is 5.32 Å². The molecule has 2 unspecified atom stereocenters. The second-order valence-corrected chi connectivity index (χ2v) is 7.29. The Kier molecular flexibility index (Phi) is 5.48. The molecule has 1 aliphatic carbocycles. The van der Waals surface area contributed by atoms with E-state index < -0.39 is 0 Å². The first-order valence-corrected chi connectivity index (χ1v) is 8.34. The number of rotatable bonds is 4. The van der Waals surface area contributed by atoms with Gasteiger partial charge in [-0.25, -0.2) is 4.39 Å². The Balaban J connectivity index is 1.94. The Hall–Kier alpha value is -0.320. The van der Waals surface area contributed by atoms with Crippen LogP contribution in [-0.2, 0) is 0 Å². The number of anilines is 1. The molecule has 1 aromatic rings. The van der Waals surface area contributed by atoms with Crippen LogP contribution in [0.2, 0.25) is 0 Å². The first-order valence-electron chi connectivity index (χ1n) is 7.26. The van der Waals surface area contributed by atoms with Crippen molar-refractivity contribution in [1.82, 2.24) is 0 Å². The zero-order chi connectivity index (χ0) is 13.8. The second-order valence-electron chi connectivity index (χ2n) is 6.13. The molecular formula is C16H23FIN. The minimum atomic E-state index is -0.156. The van der Waals surface area contributed by atoms with Crippen LogP contribution in [0, 0.1) is 21.2 Å². The molecule has 0 saturated heterocycles. The van der Waals surface area contributed by atoms with E-state index in [4.69, 9.17) is 0 Å². The maximum Gasteiger partial charge on any atom is 0.124 e. The molecule has 0 bridgehead atoms. The van der Waals surface area contributed by atoms with Crippen LogP contribution in [0.4, 0.5) is 10.1 Å². The Morgan fingerprint density at radius 2 is 2.16 bits per heavy atom. The zero-order valence-corrected chi connectivity index (χ0v) is 13.9. The molecule has 2 atom stereocenters. The number of nitrogens with one attached hydrogen (secondary N) is 1. The summed E-state index contributed by atoms with van der Waals surface area (Å²) in [7, 11) is 0. The molecule has 1 saturated carbocycles. The first kappa shape index (κ1) is 15.1. The maximum absolute atomic E-state index is 13.1. The summed E-state index contributed by atoms with van der Waals surface area (Å²) in [6.45, 7) is 4.61. The molecule has 106 valence electrons. The van der Waals surface area contributed by atoms with Gasteiger partial charge in [0, 0.05) is 15.3 Å². The van der Waals surface area contributed by atoms with E-state index in [2.05, 4.69) is 41.8 Å². The van der Waals surface area contributed by atoms with Crippen LogP contribution in [0.1, 0.15) is 46.0 Å². The number of hydrogen-bond acceptors (Lipinski definition) is 1. The highest BCUT2D eigenvalue weighted by molar-refractivity contribution is 14.1. The van der Waals surface area contributed by atoms with Gasteiger partial charge in [-0.05, 0) is 71.9 Å². The monoisotopic (exact) mass is 375 g/mol. The summed E-state index contributed by atoms with van der Waals surface area (Å²) >= 11 is 2.20. The fourth-order valence-corrected chi connectivity index (χ4v) is 3.76. The van der Waals surface area contributed by atoms with Gasteiger partial charge in [0.15, 0.2) is 0 Å². The van der Waals surface area contributed by atoms with Crippen molar-refractivity contribution >= 4 is 28.3 Å². The van der Waals surface area contributed by atoms with E-state index in [1.165, 1.54) is 32.1 Å². The molecule has 0 aromatic heterocycles. The Labute approximate surface area is 129 Å². The average Bonchev–Trinajstić information content (AvgIpc) is 2.32. The van der Waals surface area contributed by atoms with Gasteiger partial charge in [0.1, 0.15) is 5.82 Å². The van der Waals surface area contributed by atoms with Crippen molar-refractivity contribution in [2.75, 3.05) is 5.32 Å². The molecular weight excluding hydrogens is 352 g/mol. The lowest BCUT2D eigenvalue weighted by Gasteiger charge is -2.31. The van der Waals surface area contributed by atoms with E-state index in [-0.39, 0.29) is 5.82 Å². The van der Waals surface area contributed by atoms with Crippen LogP contribution in [0.25, 0.3) is 0 Å². The van der Waals surface area contributed by atoms with E-state index in [1.54, 1.807) is 12.1 Å². The standard InChI is InChI=1S/C16H23FIN/c1-11(2)8-12-4-3-5-14(9-12)19-16-7-6-13(17)10-15(16)18/h6-7,10-12,14,19H,3-5,8-9H2,1-2H3. The number of hydrogen-bond donors (Lipinski definition) is 1. The van der Waals surface area contributed by atoms with Gasteiger partial charge >= 0.3 is 0 Å². The van der Waals surface area contributed by atoms with Crippen molar-refractivity contribution in [1.29, 1.82) is 0 Å². The average molecular weight is 375 g/mol. The molecule has 0 heterocycles. The van der Waals surface area contributed by atoms with E-state index in [0.29, 0.717) is 6.04 Å². The van der Waals surface area contributed by atoms with E-state index in [9.17, 15) is 4.39 Å². The van der Waals surface area contributed by atoms with Gasteiger partial charge in [-0.15, -0.1) is 0 Å². The van der Waals surface area contributed by atoms with Gasteiger partial charge in [0.25, 0.3) is 0 Å². The van der Waals surface area contributed by atoms with Crippen LogP contribution in [0.15, 0.2) is 18.2 Å². The first-order chi connectivity index (χ1) is 9.04. The lowest BCUT2D eigenvalue weighted by molar-refractivity contribution is 0.289. The quantitative estimate of drug-likeness (QED) is 0.691. The van der Waals surface area contributed by atoms with Gasteiger partial charge in [-0.2, -0.15) is 0 Å². The Bertz CT molecular complexity index is 419. The summed E-state index contributed by atoms with van der Waals surface area (Å²) in [5, 5.41) is 3.61. The van der Waals surface area contributed by atoms with Crippen LogP contribution in [0.3, 0.4) is 0 Å². The summed E-state index contributed by atoms with van der Waals surface area (Å²) < 4.78 is 14.1. The smallest absolute Gasteiger partial charge is 0.124 e. The number of benzene rings is 1. The van der Waals surface area contributed by atoms with E-state index >= 15 is 0 Å². The summed E-state index contributed by atoms with van der Waals surface area (Å²) in [5.74, 6) is 1.48. The SMILES string of the molecule is CC(C)CC1CCCC(Nc2ccc(F)cc2I)C1. The van der Waals surface area contributed by atoms with Gasteiger partial charge in [-0.1, -0.05) is 26.7 Å². The van der Waals surface area contributed by atoms with Crippen LogP contribution >= 0.6 is 22.6 Å². The fraction of sp³-hybridized carbons (Fsp3) is 0.625. The molecule has 1 fully saturated rings. The third-order valence-corrected chi connectivity index (χ3v) is 4.77. The maximum atomic E-state index is 13.1. The minimum Gasteiger partial charge on any atom is -0.381 e. The molecule has 0 radical (unpaired) electrons. The fourth-order valence-electron chi connectivity index (χ4n) is 3.13. The third-order valence-electron chi connectivity index (χ3n) is 3.88. The highest BCUT2D eigenvalue weighted by Crippen LogP contribution is 2.32. The van der Waals surface area contributed by atoms with Gasteiger partial charge in [-0.3, -0.25) is 0 Å². The van der Waals surface area contributed by atoms with Crippen molar-refractivity contribution in [2.24, 2.45) is 11.8 Å². The topological polar surface area (TPSA) is 12.0 Å². The third kappa shape index (κ3) is 4.62. The summed E-state index contributed by atoms with van der Waals surface area (Å²) in [5.41, 5.74) is 1.08. The van der Waals surface area contributed by atoms with Crippen molar-refractivity contribution in [3.05, 3.63) is 27.6 Å². The van der Waals surface area contributed by atoms with Crippen molar-refractivity contribution < 1.29 is 4.39 Å². The summed E-state index contributed by atoms with van der Waals surface area (Å²) in [4.78, 5) is 0. The lowest BCUT2D eigenvalue weighted by atomic mass is 9.81. The van der Waals surface area contributed by atoms with Gasteiger partial charge < -0.3 is 5.32 Å². The van der Waals surface area contributed by atoms with E-state index in [1.807, 2.05) is 6.07 Å². The van der Waals surface area contributed by atoms with Crippen molar-refractivity contribution in [3.8, 4) is 0 Å². The molecule has 1 aliphatic rings.